The topological polar surface area (TPSA) is 73.1 Å². The van der Waals surface area contributed by atoms with Crippen LogP contribution in [0.1, 0.15) is 24.4 Å². The van der Waals surface area contributed by atoms with Crippen LogP contribution in [0.25, 0.3) is 0 Å². The van der Waals surface area contributed by atoms with Crippen LogP contribution >= 0.6 is 0 Å². The zero-order chi connectivity index (χ0) is 12.8. The smallest absolute Gasteiger partial charge is 0.151 e. The Labute approximate surface area is 106 Å². The summed E-state index contributed by atoms with van der Waals surface area (Å²) in [6.07, 6.45) is 3.38. The highest BCUT2D eigenvalue weighted by molar-refractivity contribution is 5.38. The van der Waals surface area contributed by atoms with E-state index in [4.69, 9.17) is 10.6 Å². The second-order valence-corrected chi connectivity index (χ2v) is 3.68. The van der Waals surface area contributed by atoms with E-state index < -0.39 is 0 Å². The minimum atomic E-state index is -0.283. The molecule has 1 aromatic heterocycles. The summed E-state index contributed by atoms with van der Waals surface area (Å²) in [4.78, 5) is 8.44. The molecule has 1 aromatic carbocycles. The number of hydrazine groups is 1. The summed E-state index contributed by atoms with van der Waals surface area (Å²) in [5, 5.41) is 0. The molecule has 0 amide bonds. The number of rotatable bonds is 5. The van der Waals surface area contributed by atoms with Crippen LogP contribution in [0.2, 0.25) is 0 Å². The summed E-state index contributed by atoms with van der Waals surface area (Å²) in [6.45, 7) is 2.55. The van der Waals surface area contributed by atoms with Gasteiger partial charge in [0.05, 0.1) is 6.61 Å². The van der Waals surface area contributed by atoms with Gasteiger partial charge in [-0.15, -0.1) is 0 Å². The second kappa shape index (κ2) is 6.09. The quantitative estimate of drug-likeness (QED) is 0.615. The first-order valence-corrected chi connectivity index (χ1v) is 5.81. The minimum Gasteiger partial charge on any atom is -0.494 e. The number of nitrogens with one attached hydrogen (secondary N) is 1. The average molecular weight is 244 g/mol. The fourth-order valence-electron chi connectivity index (χ4n) is 1.77. The molecule has 5 heteroatoms. The molecule has 0 aliphatic carbocycles. The van der Waals surface area contributed by atoms with Crippen LogP contribution in [0.4, 0.5) is 0 Å². The maximum Gasteiger partial charge on any atom is 0.151 e. The van der Waals surface area contributed by atoms with Gasteiger partial charge in [-0.1, -0.05) is 18.2 Å². The van der Waals surface area contributed by atoms with Gasteiger partial charge >= 0.3 is 0 Å². The van der Waals surface area contributed by atoms with Crippen molar-refractivity contribution in [2.24, 2.45) is 5.84 Å². The molecule has 0 radical (unpaired) electrons. The third-order valence-corrected chi connectivity index (χ3v) is 2.54. The molecule has 5 nitrogen and oxygen atoms in total. The average Bonchev–Trinajstić information content (AvgIpc) is 2.43. The van der Waals surface area contributed by atoms with Gasteiger partial charge in [-0.05, 0) is 19.1 Å². The van der Waals surface area contributed by atoms with Crippen molar-refractivity contribution in [3.63, 3.8) is 0 Å². The van der Waals surface area contributed by atoms with Crippen LogP contribution in [0, 0.1) is 0 Å². The molecule has 0 spiro atoms. The molecule has 0 bridgehead atoms. The van der Waals surface area contributed by atoms with Crippen LogP contribution in [0.3, 0.4) is 0 Å². The predicted molar refractivity (Wildman–Crippen MR) is 68.8 cm³/mol. The van der Waals surface area contributed by atoms with Gasteiger partial charge in [-0.3, -0.25) is 5.84 Å². The monoisotopic (exact) mass is 244 g/mol. The van der Waals surface area contributed by atoms with E-state index in [9.17, 15) is 0 Å². The van der Waals surface area contributed by atoms with Gasteiger partial charge in [-0.2, -0.15) is 0 Å². The van der Waals surface area contributed by atoms with Crippen LogP contribution < -0.4 is 16.0 Å². The van der Waals surface area contributed by atoms with Gasteiger partial charge < -0.3 is 4.74 Å². The number of hydrogen-bond donors (Lipinski definition) is 2. The number of benzene rings is 1. The lowest BCUT2D eigenvalue weighted by Gasteiger charge is -2.18. The van der Waals surface area contributed by atoms with Crippen LogP contribution in [-0.2, 0) is 0 Å². The van der Waals surface area contributed by atoms with Crippen molar-refractivity contribution in [3.8, 4) is 5.75 Å². The Morgan fingerprint density at radius 2 is 1.94 bits per heavy atom. The normalized spacial score (nSPS) is 12.1. The molecule has 0 aliphatic rings. The lowest BCUT2D eigenvalue weighted by atomic mass is 10.1. The third-order valence-electron chi connectivity index (χ3n) is 2.54. The molecule has 0 saturated heterocycles. The van der Waals surface area contributed by atoms with E-state index in [2.05, 4.69) is 15.4 Å². The first-order valence-electron chi connectivity index (χ1n) is 5.81. The molecule has 1 unspecified atom stereocenters. The van der Waals surface area contributed by atoms with Gasteiger partial charge in [-0.25, -0.2) is 15.4 Å². The molecule has 2 aromatic rings. The fourth-order valence-corrected chi connectivity index (χ4v) is 1.77. The lowest BCUT2D eigenvalue weighted by molar-refractivity contribution is 0.333. The van der Waals surface area contributed by atoms with Gasteiger partial charge in [0.2, 0.25) is 0 Å². The van der Waals surface area contributed by atoms with Crippen molar-refractivity contribution in [1.82, 2.24) is 15.4 Å². The SMILES string of the molecule is CCOc1ccccc1C(NN)c1ncccn1. The maximum absolute atomic E-state index is 5.62. The highest BCUT2D eigenvalue weighted by Gasteiger charge is 2.18. The van der Waals surface area contributed by atoms with Crippen molar-refractivity contribution in [2.75, 3.05) is 6.61 Å². The number of aromatic nitrogens is 2. The maximum atomic E-state index is 5.62. The summed E-state index contributed by atoms with van der Waals surface area (Å²) in [5.41, 5.74) is 3.65. The summed E-state index contributed by atoms with van der Waals surface area (Å²) in [5.74, 6) is 7.02. The standard InChI is InChI=1S/C13H16N4O/c1-2-18-11-7-4-3-6-10(11)12(17-14)13-15-8-5-9-16-13/h3-9,12,17H,2,14H2,1H3. The first-order chi connectivity index (χ1) is 8.86. The Hall–Kier alpha value is -1.98. The van der Waals surface area contributed by atoms with E-state index in [0.29, 0.717) is 12.4 Å². The predicted octanol–water partition coefficient (Wildman–Crippen LogP) is 1.43. The highest BCUT2D eigenvalue weighted by atomic mass is 16.5. The molecule has 1 atom stereocenters. The molecule has 94 valence electrons. The molecule has 0 aliphatic heterocycles. The van der Waals surface area contributed by atoms with Crippen LogP contribution in [0.5, 0.6) is 5.75 Å². The zero-order valence-electron chi connectivity index (χ0n) is 10.2. The van der Waals surface area contributed by atoms with Gasteiger partial charge in [0.1, 0.15) is 11.8 Å². The molecule has 18 heavy (non-hydrogen) atoms. The van der Waals surface area contributed by atoms with E-state index in [0.717, 1.165) is 11.3 Å². The molecular formula is C13H16N4O. The molecule has 0 fully saturated rings. The Bertz CT molecular complexity index is 489. The number of nitrogens with two attached hydrogens (primary N) is 1. The van der Waals surface area contributed by atoms with Crippen LogP contribution in [-0.4, -0.2) is 16.6 Å². The van der Waals surface area contributed by atoms with Gasteiger partial charge in [0, 0.05) is 18.0 Å². The largest absolute Gasteiger partial charge is 0.494 e. The number of nitrogens with zero attached hydrogens (tertiary/aromatic N) is 2. The van der Waals surface area contributed by atoms with Crippen molar-refractivity contribution in [1.29, 1.82) is 0 Å². The van der Waals surface area contributed by atoms with E-state index in [1.807, 2.05) is 31.2 Å². The number of ether oxygens (including phenoxy) is 1. The van der Waals surface area contributed by atoms with Gasteiger partial charge in [0.25, 0.3) is 0 Å². The second-order valence-electron chi connectivity index (χ2n) is 3.68. The lowest BCUT2D eigenvalue weighted by Crippen LogP contribution is -2.30. The van der Waals surface area contributed by atoms with E-state index in [1.54, 1.807) is 18.5 Å². The summed E-state index contributed by atoms with van der Waals surface area (Å²) >= 11 is 0. The van der Waals surface area contributed by atoms with Crippen LogP contribution in [0.15, 0.2) is 42.7 Å². The van der Waals surface area contributed by atoms with E-state index in [-0.39, 0.29) is 6.04 Å². The Morgan fingerprint density at radius 3 is 2.61 bits per heavy atom. The summed E-state index contributed by atoms with van der Waals surface area (Å²) in [7, 11) is 0. The van der Waals surface area contributed by atoms with Crippen molar-refractivity contribution >= 4 is 0 Å². The third kappa shape index (κ3) is 2.64. The zero-order valence-corrected chi connectivity index (χ0v) is 10.2. The highest BCUT2D eigenvalue weighted by Crippen LogP contribution is 2.27. The molecule has 0 saturated carbocycles. The van der Waals surface area contributed by atoms with E-state index >= 15 is 0 Å². The Kier molecular flexibility index (Phi) is 4.22. The van der Waals surface area contributed by atoms with Gasteiger partial charge in [0.15, 0.2) is 5.82 Å². The molecule has 1 heterocycles. The Balaban J connectivity index is 2.39. The summed E-state index contributed by atoms with van der Waals surface area (Å²) in [6, 6.07) is 9.21. The van der Waals surface area contributed by atoms with E-state index in [1.165, 1.54) is 0 Å². The number of para-hydroxylation sites is 1. The van der Waals surface area contributed by atoms with Crippen molar-refractivity contribution < 1.29 is 4.74 Å². The fraction of sp³-hybridized carbons (Fsp3) is 0.231. The molecule has 3 N–H and O–H groups in total. The Morgan fingerprint density at radius 1 is 1.22 bits per heavy atom. The summed E-state index contributed by atoms with van der Waals surface area (Å²) < 4.78 is 5.59. The van der Waals surface area contributed by atoms with Crippen molar-refractivity contribution in [2.45, 2.75) is 13.0 Å². The molecular weight excluding hydrogens is 228 g/mol. The minimum absolute atomic E-state index is 0.283. The molecule has 2 rings (SSSR count). The number of hydrogen-bond acceptors (Lipinski definition) is 5. The van der Waals surface area contributed by atoms with Crippen molar-refractivity contribution in [3.05, 3.63) is 54.1 Å². The first kappa shape index (κ1) is 12.5.